The molecular formula is C13H30N2. The van der Waals surface area contributed by atoms with Crippen LogP contribution < -0.4 is 5.32 Å². The fourth-order valence-electron chi connectivity index (χ4n) is 1.55. The molecule has 0 aromatic heterocycles. The Morgan fingerprint density at radius 3 is 2.33 bits per heavy atom. The van der Waals surface area contributed by atoms with E-state index in [1.807, 2.05) is 0 Å². The van der Waals surface area contributed by atoms with Gasteiger partial charge in [-0.05, 0) is 53.8 Å². The number of nitrogens with zero attached hydrogens (tertiary/aromatic N) is 1. The lowest BCUT2D eigenvalue weighted by molar-refractivity contribution is 0.267. The van der Waals surface area contributed by atoms with Gasteiger partial charge in [0.05, 0.1) is 0 Å². The Labute approximate surface area is 96.4 Å². The third-order valence-electron chi connectivity index (χ3n) is 3.05. The molecule has 0 rings (SSSR count). The van der Waals surface area contributed by atoms with Crippen molar-refractivity contribution in [3.63, 3.8) is 0 Å². The van der Waals surface area contributed by atoms with Gasteiger partial charge in [0.2, 0.25) is 0 Å². The zero-order chi connectivity index (χ0) is 11.7. The predicted octanol–water partition coefficient (Wildman–Crippen LogP) is 2.89. The van der Waals surface area contributed by atoms with E-state index in [4.69, 9.17) is 0 Å². The second kappa shape index (κ2) is 9.17. The molecule has 0 saturated carbocycles. The van der Waals surface area contributed by atoms with Crippen molar-refractivity contribution < 1.29 is 0 Å². The van der Waals surface area contributed by atoms with Crippen LogP contribution >= 0.6 is 0 Å². The predicted molar refractivity (Wildman–Crippen MR) is 69.4 cm³/mol. The van der Waals surface area contributed by atoms with Gasteiger partial charge >= 0.3 is 0 Å². The molecule has 0 aromatic rings. The van der Waals surface area contributed by atoms with Gasteiger partial charge in [0, 0.05) is 12.1 Å². The second-order valence-electron chi connectivity index (χ2n) is 4.93. The van der Waals surface area contributed by atoms with Crippen molar-refractivity contribution in [2.45, 2.75) is 65.5 Å². The Kier molecular flexibility index (Phi) is 9.12. The molecule has 0 aliphatic carbocycles. The van der Waals surface area contributed by atoms with E-state index in [2.05, 4.69) is 45.0 Å². The highest BCUT2D eigenvalue weighted by Gasteiger charge is 2.03. The zero-order valence-electron chi connectivity index (χ0n) is 11.3. The van der Waals surface area contributed by atoms with Crippen molar-refractivity contribution >= 4 is 0 Å². The van der Waals surface area contributed by atoms with Crippen LogP contribution in [0.3, 0.4) is 0 Å². The normalized spacial score (nSPS) is 13.8. The number of unbranched alkanes of at least 4 members (excludes halogenated alkanes) is 1. The molecule has 2 heteroatoms. The average molecular weight is 214 g/mol. The third kappa shape index (κ3) is 8.88. The van der Waals surface area contributed by atoms with E-state index in [1.54, 1.807) is 0 Å². The molecule has 1 unspecified atom stereocenters. The van der Waals surface area contributed by atoms with Gasteiger partial charge in [-0.1, -0.05) is 19.8 Å². The maximum Gasteiger partial charge on any atom is 0.00387 e. The first-order valence-electron chi connectivity index (χ1n) is 6.51. The van der Waals surface area contributed by atoms with Gasteiger partial charge < -0.3 is 10.2 Å². The van der Waals surface area contributed by atoms with Gasteiger partial charge in [-0.2, -0.15) is 0 Å². The van der Waals surface area contributed by atoms with Gasteiger partial charge in [0.25, 0.3) is 0 Å². The molecule has 0 aromatic carbocycles. The molecule has 1 N–H and O–H groups in total. The summed E-state index contributed by atoms with van der Waals surface area (Å²) in [5, 5.41) is 3.59. The lowest BCUT2D eigenvalue weighted by Gasteiger charge is -2.21. The largest absolute Gasteiger partial charge is 0.314 e. The molecule has 92 valence electrons. The van der Waals surface area contributed by atoms with Crippen LogP contribution in [0.2, 0.25) is 0 Å². The summed E-state index contributed by atoms with van der Waals surface area (Å²) in [7, 11) is 2.20. The lowest BCUT2D eigenvalue weighted by Crippen LogP contribution is -2.32. The minimum absolute atomic E-state index is 0.669. The minimum Gasteiger partial charge on any atom is -0.314 e. The van der Waals surface area contributed by atoms with E-state index < -0.39 is 0 Å². The molecule has 0 amide bonds. The van der Waals surface area contributed by atoms with Crippen LogP contribution in [0.4, 0.5) is 0 Å². The summed E-state index contributed by atoms with van der Waals surface area (Å²) in [5.74, 6) is 0. The van der Waals surface area contributed by atoms with Crippen molar-refractivity contribution in [2.24, 2.45) is 0 Å². The van der Waals surface area contributed by atoms with Crippen molar-refractivity contribution in [1.29, 1.82) is 0 Å². The van der Waals surface area contributed by atoms with Gasteiger partial charge in [-0.25, -0.2) is 0 Å². The fourth-order valence-corrected chi connectivity index (χ4v) is 1.55. The highest BCUT2D eigenvalue weighted by Crippen LogP contribution is 2.00. The minimum atomic E-state index is 0.669. The SMILES string of the molecule is CCCCC(C)NCCCN(C)C(C)C. The number of hydrogen-bond donors (Lipinski definition) is 1. The van der Waals surface area contributed by atoms with E-state index in [1.165, 1.54) is 32.2 Å². The summed E-state index contributed by atoms with van der Waals surface area (Å²) in [6.07, 6.45) is 5.23. The Hall–Kier alpha value is -0.0800. The molecule has 0 heterocycles. The van der Waals surface area contributed by atoms with Crippen LogP contribution in [0.25, 0.3) is 0 Å². The summed E-state index contributed by atoms with van der Waals surface area (Å²) in [5.41, 5.74) is 0. The molecule has 2 nitrogen and oxygen atoms in total. The smallest absolute Gasteiger partial charge is 0.00387 e. The molecule has 1 atom stereocenters. The second-order valence-corrected chi connectivity index (χ2v) is 4.93. The first-order chi connectivity index (χ1) is 7.07. The summed E-state index contributed by atoms with van der Waals surface area (Å²) < 4.78 is 0. The number of rotatable bonds is 9. The average Bonchev–Trinajstić information content (AvgIpc) is 2.20. The molecule has 0 aliphatic rings. The first kappa shape index (κ1) is 14.9. The Morgan fingerprint density at radius 1 is 1.13 bits per heavy atom. The molecule has 0 fully saturated rings. The maximum absolute atomic E-state index is 3.59. The molecule has 0 aliphatic heterocycles. The zero-order valence-corrected chi connectivity index (χ0v) is 11.3. The van der Waals surface area contributed by atoms with Crippen molar-refractivity contribution in [1.82, 2.24) is 10.2 Å². The van der Waals surface area contributed by atoms with Crippen molar-refractivity contribution in [3.05, 3.63) is 0 Å². The standard InChI is InChI=1S/C13H30N2/c1-6-7-9-13(4)14-10-8-11-15(5)12(2)3/h12-14H,6-11H2,1-5H3. The molecule has 0 saturated heterocycles. The number of hydrogen-bond acceptors (Lipinski definition) is 2. The maximum atomic E-state index is 3.59. The van der Waals surface area contributed by atoms with E-state index in [0.29, 0.717) is 12.1 Å². The molecule has 0 radical (unpaired) electrons. The number of nitrogens with one attached hydrogen (secondary N) is 1. The van der Waals surface area contributed by atoms with Crippen molar-refractivity contribution in [2.75, 3.05) is 20.1 Å². The Morgan fingerprint density at radius 2 is 1.80 bits per heavy atom. The highest BCUT2D eigenvalue weighted by atomic mass is 15.1. The van der Waals surface area contributed by atoms with Crippen LogP contribution in [-0.4, -0.2) is 37.1 Å². The van der Waals surface area contributed by atoms with E-state index in [0.717, 1.165) is 6.54 Å². The summed E-state index contributed by atoms with van der Waals surface area (Å²) in [6.45, 7) is 11.4. The third-order valence-corrected chi connectivity index (χ3v) is 3.05. The fraction of sp³-hybridized carbons (Fsp3) is 1.00. The summed E-state index contributed by atoms with van der Waals surface area (Å²) in [6, 6.07) is 1.36. The van der Waals surface area contributed by atoms with E-state index >= 15 is 0 Å². The van der Waals surface area contributed by atoms with Crippen LogP contribution in [0.15, 0.2) is 0 Å². The Bertz CT molecular complexity index is 134. The van der Waals surface area contributed by atoms with Crippen LogP contribution in [0, 0.1) is 0 Å². The van der Waals surface area contributed by atoms with Gasteiger partial charge in [0.15, 0.2) is 0 Å². The van der Waals surface area contributed by atoms with E-state index in [9.17, 15) is 0 Å². The first-order valence-corrected chi connectivity index (χ1v) is 6.51. The van der Waals surface area contributed by atoms with Gasteiger partial charge in [-0.3, -0.25) is 0 Å². The summed E-state index contributed by atoms with van der Waals surface area (Å²) >= 11 is 0. The monoisotopic (exact) mass is 214 g/mol. The summed E-state index contributed by atoms with van der Waals surface area (Å²) in [4.78, 5) is 2.40. The molecule has 15 heavy (non-hydrogen) atoms. The van der Waals surface area contributed by atoms with Crippen molar-refractivity contribution in [3.8, 4) is 0 Å². The molecular weight excluding hydrogens is 184 g/mol. The van der Waals surface area contributed by atoms with Gasteiger partial charge in [-0.15, -0.1) is 0 Å². The molecule has 0 spiro atoms. The molecule has 0 bridgehead atoms. The Balaban J connectivity index is 3.30. The van der Waals surface area contributed by atoms with Crippen LogP contribution in [-0.2, 0) is 0 Å². The van der Waals surface area contributed by atoms with Crippen LogP contribution in [0.5, 0.6) is 0 Å². The topological polar surface area (TPSA) is 15.3 Å². The van der Waals surface area contributed by atoms with Gasteiger partial charge in [0.1, 0.15) is 0 Å². The van der Waals surface area contributed by atoms with Crippen LogP contribution in [0.1, 0.15) is 53.4 Å². The quantitative estimate of drug-likeness (QED) is 0.594. The lowest BCUT2D eigenvalue weighted by atomic mass is 10.1. The highest BCUT2D eigenvalue weighted by molar-refractivity contribution is 4.62. The van der Waals surface area contributed by atoms with E-state index in [-0.39, 0.29) is 0 Å².